The number of H-pyrrole nitrogens is 1. The largest absolute Gasteiger partial charge is 0.338 e. The maximum Gasteiger partial charge on any atom is 0.276 e. The molecule has 0 radical (unpaired) electrons. The minimum Gasteiger partial charge on any atom is -0.338 e. The van der Waals surface area contributed by atoms with Crippen molar-refractivity contribution in [1.29, 1.82) is 0 Å². The van der Waals surface area contributed by atoms with E-state index in [1.165, 1.54) is 16.9 Å². The molecule has 3 aromatic heterocycles. The Hall–Kier alpha value is -3.61. The number of amides is 2. The molecule has 3 aromatic rings. The molecule has 0 aromatic carbocycles. The molecule has 0 bridgehead atoms. The van der Waals surface area contributed by atoms with Gasteiger partial charge in [0.2, 0.25) is 5.91 Å². The van der Waals surface area contributed by atoms with Crippen LogP contribution in [0.2, 0.25) is 5.15 Å². The second-order valence-corrected chi connectivity index (χ2v) is 9.74. The van der Waals surface area contributed by atoms with Crippen LogP contribution in [0, 0.1) is 30.6 Å². The van der Waals surface area contributed by atoms with Gasteiger partial charge in [-0.1, -0.05) is 16.8 Å². The van der Waals surface area contributed by atoms with E-state index >= 15 is 0 Å². The van der Waals surface area contributed by atoms with Gasteiger partial charge in [-0.3, -0.25) is 19.1 Å². The summed E-state index contributed by atoms with van der Waals surface area (Å²) in [4.78, 5) is 38.5. The summed E-state index contributed by atoms with van der Waals surface area (Å²) < 4.78 is 20.6. The molecule has 3 heterocycles. The van der Waals surface area contributed by atoms with Crippen molar-refractivity contribution < 1.29 is 18.6 Å². The van der Waals surface area contributed by atoms with Crippen LogP contribution >= 0.6 is 11.6 Å². The second-order valence-electron chi connectivity index (χ2n) is 9.36. The summed E-state index contributed by atoms with van der Waals surface area (Å²) in [6.07, 6.45) is 5.17. The van der Waals surface area contributed by atoms with E-state index in [9.17, 15) is 18.8 Å². The highest BCUT2D eigenvalue weighted by molar-refractivity contribution is 6.29. The van der Waals surface area contributed by atoms with Crippen molar-refractivity contribution in [3.05, 3.63) is 50.7 Å². The first kappa shape index (κ1) is 24.1. The van der Waals surface area contributed by atoms with E-state index in [-0.39, 0.29) is 28.0 Å². The van der Waals surface area contributed by atoms with Gasteiger partial charge in [0.05, 0.1) is 12.2 Å². The molecule has 3 N–H and O–H groups in total. The number of aromatic nitrogens is 6. The third-order valence-corrected chi connectivity index (χ3v) is 6.94. The van der Waals surface area contributed by atoms with Gasteiger partial charge in [-0.05, 0) is 68.5 Å². The zero-order valence-corrected chi connectivity index (χ0v) is 20.3. The van der Waals surface area contributed by atoms with Crippen molar-refractivity contribution in [2.45, 2.75) is 51.6 Å². The van der Waals surface area contributed by atoms with Crippen LogP contribution < -0.4 is 16.2 Å². The molecule has 2 aliphatic carbocycles. The van der Waals surface area contributed by atoms with E-state index in [1.54, 1.807) is 13.8 Å². The SMILES string of the molecule is Cc1nonc1C(=O)N[C@H](C(=O)Nc1cn([C@H](C)c2cc(Cl)n[nH]c2=O)nc1F)C(C1CC1)C1CC1. The number of carbonyl (C=O) groups is 2. The Labute approximate surface area is 208 Å². The Kier molecular flexibility index (Phi) is 6.33. The maximum absolute atomic E-state index is 14.8. The molecule has 12 nitrogen and oxygen atoms in total. The minimum absolute atomic E-state index is 0.00722. The number of aromatic amines is 1. The second kappa shape index (κ2) is 9.45. The van der Waals surface area contributed by atoms with Crippen molar-refractivity contribution in [2.24, 2.45) is 17.8 Å². The van der Waals surface area contributed by atoms with Gasteiger partial charge in [0, 0.05) is 5.56 Å². The summed E-state index contributed by atoms with van der Waals surface area (Å²) in [6, 6.07) is -0.237. The number of hydrogen-bond donors (Lipinski definition) is 3. The molecule has 0 unspecified atom stereocenters. The molecule has 2 amide bonds. The lowest BCUT2D eigenvalue weighted by Crippen LogP contribution is -2.50. The smallest absolute Gasteiger partial charge is 0.276 e. The van der Waals surface area contributed by atoms with Crippen molar-refractivity contribution in [3.8, 4) is 0 Å². The Morgan fingerprint density at radius 2 is 1.94 bits per heavy atom. The van der Waals surface area contributed by atoms with Crippen LogP contribution in [0.15, 0.2) is 21.7 Å². The number of nitrogens with one attached hydrogen (secondary N) is 3. The highest BCUT2D eigenvalue weighted by Gasteiger charge is 2.48. The fourth-order valence-corrected chi connectivity index (χ4v) is 4.75. The van der Waals surface area contributed by atoms with Crippen LogP contribution in [-0.4, -0.2) is 48.1 Å². The van der Waals surface area contributed by atoms with E-state index in [1.807, 2.05) is 0 Å². The predicted octanol–water partition coefficient (Wildman–Crippen LogP) is 2.23. The topological polar surface area (TPSA) is 161 Å². The first-order chi connectivity index (χ1) is 17.2. The van der Waals surface area contributed by atoms with Gasteiger partial charge in [-0.25, -0.2) is 9.73 Å². The molecule has 5 rings (SSSR count). The highest BCUT2D eigenvalue weighted by Crippen LogP contribution is 2.51. The van der Waals surface area contributed by atoms with E-state index in [0.717, 1.165) is 25.7 Å². The number of nitrogens with zero attached hydrogens (tertiary/aromatic N) is 5. The standard InChI is InChI=1S/C22H24ClFN8O4/c1-9-17(31-36-30-9)21(34)26-18(16(11-3-4-11)12-5-6-12)22(35)25-14-8-32(29-19(14)24)10(2)13-7-15(23)27-28-20(13)33/h7-8,10-12,16,18H,3-6H2,1-2H3,(H,25,35)(H,26,34)(H,28,33)/t10-,18+/m1/s1. The third-order valence-electron chi connectivity index (χ3n) is 6.75. The van der Waals surface area contributed by atoms with Crippen molar-refractivity contribution in [1.82, 2.24) is 35.6 Å². The van der Waals surface area contributed by atoms with E-state index in [0.29, 0.717) is 17.5 Å². The zero-order chi connectivity index (χ0) is 25.6. The lowest BCUT2D eigenvalue weighted by molar-refractivity contribution is -0.119. The van der Waals surface area contributed by atoms with Crippen LogP contribution in [0.3, 0.4) is 0 Å². The molecule has 0 spiro atoms. The monoisotopic (exact) mass is 518 g/mol. The van der Waals surface area contributed by atoms with Gasteiger partial charge >= 0.3 is 0 Å². The fourth-order valence-electron chi connectivity index (χ4n) is 4.59. The lowest BCUT2D eigenvalue weighted by Gasteiger charge is -2.27. The Balaban J connectivity index is 1.38. The molecule has 2 saturated carbocycles. The van der Waals surface area contributed by atoms with E-state index in [4.69, 9.17) is 11.6 Å². The predicted molar refractivity (Wildman–Crippen MR) is 124 cm³/mol. The number of aryl methyl sites for hydroxylation is 1. The normalized spacial score (nSPS) is 17.1. The van der Waals surface area contributed by atoms with Crippen LogP contribution in [-0.2, 0) is 4.79 Å². The number of hydrogen-bond acceptors (Lipinski definition) is 8. The van der Waals surface area contributed by atoms with Crippen molar-refractivity contribution in [2.75, 3.05) is 5.32 Å². The number of carbonyl (C=O) groups excluding carboxylic acids is 2. The third kappa shape index (κ3) is 4.87. The summed E-state index contributed by atoms with van der Waals surface area (Å²) in [5.74, 6) is -1.54. The van der Waals surface area contributed by atoms with E-state index in [2.05, 4.69) is 40.9 Å². The van der Waals surface area contributed by atoms with Gasteiger partial charge in [0.15, 0.2) is 5.69 Å². The first-order valence-electron chi connectivity index (χ1n) is 11.6. The minimum atomic E-state index is -0.928. The summed E-state index contributed by atoms with van der Waals surface area (Å²) >= 11 is 5.88. The van der Waals surface area contributed by atoms with Crippen LogP contribution in [0.5, 0.6) is 0 Å². The molecule has 36 heavy (non-hydrogen) atoms. The Morgan fingerprint density at radius 1 is 1.25 bits per heavy atom. The summed E-state index contributed by atoms with van der Waals surface area (Å²) in [5.41, 5.74) is -0.154. The molecule has 2 aliphatic rings. The van der Waals surface area contributed by atoms with Gasteiger partial charge in [0.1, 0.15) is 22.6 Å². The first-order valence-corrected chi connectivity index (χ1v) is 12.0. The molecule has 190 valence electrons. The Bertz CT molecular complexity index is 1350. The molecule has 0 saturated heterocycles. The summed E-state index contributed by atoms with van der Waals surface area (Å²) in [5, 5.41) is 22.4. The molecule has 0 aliphatic heterocycles. The van der Waals surface area contributed by atoms with Gasteiger partial charge in [-0.2, -0.15) is 9.49 Å². The lowest BCUT2D eigenvalue weighted by atomic mass is 9.88. The number of halogens is 2. The number of anilines is 1. The van der Waals surface area contributed by atoms with Crippen LogP contribution in [0.25, 0.3) is 0 Å². The van der Waals surface area contributed by atoms with Gasteiger partial charge < -0.3 is 10.6 Å². The molecule has 2 fully saturated rings. The van der Waals surface area contributed by atoms with Crippen molar-refractivity contribution >= 4 is 29.1 Å². The van der Waals surface area contributed by atoms with Crippen LogP contribution in [0.1, 0.15) is 60.4 Å². The van der Waals surface area contributed by atoms with Crippen molar-refractivity contribution in [3.63, 3.8) is 0 Å². The fraction of sp³-hybridized carbons (Fsp3) is 0.500. The Morgan fingerprint density at radius 3 is 2.56 bits per heavy atom. The zero-order valence-electron chi connectivity index (χ0n) is 19.5. The number of rotatable bonds is 9. The molecule has 14 heteroatoms. The molecular formula is C22H24ClFN8O4. The quantitative estimate of drug-likeness (QED) is 0.388. The van der Waals surface area contributed by atoms with Gasteiger partial charge in [0.25, 0.3) is 17.4 Å². The average Bonchev–Trinajstić information content (AvgIpc) is 3.78. The van der Waals surface area contributed by atoms with E-state index < -0.39 is 35.4 Å². The summed E-state index contributed by atoms with van der Waals surface area (Å²) in [7, 11) is 0. The molecule has 2 atom stereocenters. The average molecular weight is 519 g/mol. The highest BCUT2D eigenvalue weighted by atomic mass is 35.5. The molecular weight excluding hydrogens is 495 g/mol. The maximum atomic E-state index is 14.8. The van der Waals surface area contributed by atoms with Crippen LogP contribution in [0.4, 0.5) is 10.1 Å². The van der Waals surface area contributed by atoms with Gasteiger partial charge in [-0.15, -0.1) is 5.10 Å². The summed E-state index contributed by atoms with van der Waals surface area (Å²) in [6.45, 7) is 3.21.